The molecule has 8 bridgehead atoms. The maximum Gasteiger partial charge on any atom is 0.310 e. The fourth-order valence-corrected chi connectivity index (χ4v) is 14.9. The number of benzene rings is 2. The van der Waals surface area contributed by atoms with Crippen LogP contribution in [0.2, 0.25) is 0 Å². The maximum atomic E-state index is 14.1. The lowest BCUT2D eigenvalue weighted by atomic mass is 9.53. The van der Waals surface area contributed by atoms with Crippen LogP contribution in [0.4, 0.5) is 11.4 Å². The zero-order valence-electron chi connectivity index (χ0n) is 30.1. The number of carbonyl (C=O) groups is 2. The van der Waals surface area contributed by atoms with E-state index in [1.54, 1.807) is 14.2 Å². The van der Waals surface area contributed by atoms with Crippen LogP contribution in [0, 0.1) is 23.7 Å². The molecule has 0 amide bonds. The summed E-state index contributed by atoms with van der Waals surface area (Å²) in [4.78, 5) is 35.8. The fourth-order valence-electron chi connectivity index (χ4n) is 14.9. The third kappa shape index (κ3) is 2.84. The third-order valence-electron chi connectivity index (χ3n) is 16.7. The summed E-state index contributed by atoms with van der Waals surface area (Å²) in [6.07, 6.45) is 8.09. The molecule has 9 fully saturated rings. The van der Waals surface area contributed by atoms with Crippen molar-refractivity contribution in [1.29, 1.82) is 0 Å². The molecule has 11 aliphatic rings. The smallest absolute Gasteiger partial charge is 0.310 e. The molecular formula is C41H46N4O6. The van der Waals surface area contributed by atoms with Crippen molar-refractivity contribution >= 4 is 45.3 Å². The van der Waals surface area contributed by atoms with Crippen LogP contribution >= 0.6 is 0 Å². The van der Waals surface area contributed by atoms with E-state index >= 15 is 0 Å². The molecule has 9 aliphatic heterocycles. The number of epoxide rings is 1. The SMILES string of the molecule is CC=C1CN2CCC34c5cc6oc7cc8c(cc7c6cc5N(C)C23CCC1C4C(=O)OC)C12CCN3CC4(OC4C)C(CCC31N8)C2C(=O)OC. The van der Waals surface area contributed by atoms with Gasteiger partial charge >= 0.3 is 11.9 Å². The van der Waals surface area contributed by atoms with Gasteiger partial charge in [0, 0.05) is 78.2 Å². The minimum atomic E-state index is -0.423. The predicted octanol–water partition coefficient (Wildman–Crippen LogP) is 5.27. The van der Waals surface area contributed by atoms with Gasteiger partial charge in [-0.3, -0.25) is 19.4 Å². The lowest BCUT2D eigenvalue weighted by molar-refractivity contribution is -0.155. The van der Waals surface area contributed by atoms with E-state index in [0.717, 1.165) is 92.3 Å². The van der Waals surface area contributed by atoms with Crippen molar-refractivity contribution in [2.45, 2.75) is 86.2 Å². The Morgan fingerprint density at radius 1 is 0.902 bits per heavy atom. The van der Waals surface area contributed by atoms with E-state index in [9.17, 15) is 9.59 Å². The van der Waals surface area contributed by atoms with E-state index in [1.165, 1.54) is 22.4 Å². The van der Waals surface area contributed by atoms with Crippen molar-refractivity contribution in [3.05, 3.63) is 47.0 Å². The third-order valence-corrected chi connectivity index (χ3v) is 16.7. The monoisotopic (exact) mass is 690 g/mol. The van der Waals surface area contributed by atoms with Gasteiger partial charge in [-0.2, -0.15) is 0 Å². The van der Waals surface area contributed by atoms with Gasteiger partial charge in [0.1, 0.15) is 28.1 Å². The van der Waals surface area contributed by atoms with Crippen molar-refractivity contribution in [3.8, 4) is 0 Å². The molecule has 12 atom stereocenters. The molecule has 10 heteroatoms. The summed E-state index contributed by atoms with van der Waals surface area (Å²) in [6.45, 7) is 7.90. The van der Waals surface area contributed by atoms with Gasteiger partial charge in [-0.05, 0) is 87.6 Å². The largest absolute Gasteiger partial charge is 0.469 e. The Morgan fingerprint density at radius 3 is 2.39 bits per heavy atom. The summed E-state index contributed by atoms with van der Waals surface area (Å²) in [7, 11) is 5.35. The van der Waals surface area contributed by atoms with Crippen LogP contribution < -0.4 is 10.2 Å². The number of rotatable bonds is 2. The second kappa shape index (κ2) is 8.95. The van der Waals surface area contributed by atoms with Crippen molar-refractivity contribution in [2.75, 3.05) is 57.7 Å². The lowest BCUT2D eigenvalue weighted by Crippen LogP contribution is -2.66. The Morgan fingerprint density at radius 2 is 1.63 bits per heavy atom. The van der Waals surface area contributed by atoms with E-state index in [2.05, 4.69) is 71.3 Å². The number of fused-ring (bicyclic) bond motifs is 8. The van der Waals surface area contributed by atoms with Crippen LogP contribution in [0.1, 0.15) is 63.5 Å². The first kappa shape index (κ1) is 29.9. The molecular weight excluding hydrogens is 644 g/mol. The quantitative estimate of drug-likeness (QED) is 0.218. The molecule has 10 nitrogen and oxygen atoms in total. The van der Waals surface area contributed by atoms with E-state index in [1.807, 2.05) is 0 Å². The van der Waals surface area contributed by atoms with E-state index < -0.39 is 10.8 Å². The van der Waals surface area contributed by atoms with Gasteiger partial charge in [0.15, 0.2) is 0 Å². The predicted molar refractivity (Wildman–Crippen MR) is 190 cm³/mol. The van der Waals surface area contributed by atoms with Crippen molar-refractivity contribution in [2.24, 2.45) is 23.7 Å². The number of hydrogen-bond acceptors (Lipinski definition) is 10. The summed E-state index contributed by atoms with van der Waals surface area (Å²) >= 11 is 0. The Balaban J connectivity index is 1.07. The first-order valence-corrected chi connectivity index (χ1v) is 19.2. The van der Waals surface area contributed by atoms with Gasteiger partial charge in [0.25, 0.3) is 0 Å². The minimum absolute atomic E-state index is 0.0925. The Labute approximate surface area is 297 Å². The van der Waals surface area contributed by atoms with Crippen LogP contribution in [-0.2, 0) is 34.6 Å². The highest BCUT2D eigenvalue weighted by Crippen LogP contribution is 2.73. The average Bonchev–Trinajstić information content (AvgIpc) is 3.34. The maximum absolute atomic E-state index is 14.1. The number of anilines is 2. The second-order valence-corrected chi connectivity index (χ2v) is 17.4. The van der Waals surface area contributed by atoms with E-state index in [0.29, 0.717) is 0 Å². The molecule has 51 heavy (non-hydrogen) atoms. The van der Waals surface area contributed by atoms with Gasteiger partial charge in [-0.1, -0.05) is 11.6 Å². The van der Waals surface area contributed by atoms with E-state index in [-0.39, 0.29) is 58.6 Å². The topological polar surface area (TPSA) is 100 Å². The highest BCUT2D eigenvalue weighted by molar-refractivity contribution is 6.09. The Bertz CT molecular complexity index is 2200. The number of methoxy groups -OCH3 is 2. The van der Waals surface area contributed by atoms with Crippen molar-refractivity contribution in [3.63, 3.8) is 0 Å². The van der Waals surface area contributed by atoms with Gasteiger partial charge in [-0.25, -0.2) is 0 Å². The molecule has 14 rings (SSSR count). The molecule has 0 radical (unpaired) electrons. The van der Waals surface area contributed by atoms with Crippen molar-refractivity contribution < 1.29 is 28.2 Å². The van der Waals surface area contributed by atoms with Gasteiger partial charge in [0.2, 0.25) is 0 Å². The molecule has 266 valence electrons. The zero-order chi connectivity index (χ0) is 34.6. The first-order chi connectivity index (χ1) is 24.7. The van der Waals surface area contributed by atoms with Crippen LogP contribution in [0.15, 0.2) is 40.3 Å². The number of likely N-dealkylation sites (N-methyl/N-ethyl adjacent to an activating group) is 1. The number of carbonyl (C=O) groups excluding carboxylic acids is 2. The van der Waals surface area contributed by atoms with Crippen LogP contribution in [0.3, 0.4) is 0 Å². The van der Waals surface area contributed by atoms with E-state index in [4.69, 9.17) is 18.6 Å². The number of hydrogen-bond donors (Lipinski definition) is 1. The van der Waals surface area contributed by atoms with Crippen LogP contribution in [-0.4, -0.2) is 92.2 Å². The zero-order valence-corrected chi connectivity index (χ0v) is 30.1. The molecule has 2 saturated carbocycles. The van der Waals surface area contributed by atoms with Crippen LogP contribution in [0.5, 0.6) is 0 Å². The summed E-state index contributed by atoms with van der Waals surface area (Å²) in [5.74, 6) is -0.479. The molecule has 3 aromatic rings. The number of furan rings is 1. The molecule has 7 saturated heterocycles. The number of nitrogens with zero attached hydrogens (tertiary/aromatic N) is 3. The lowest BCUT2D eigenvalue weighted by Gasteiger charge is -2.54. The highest BCUT2D eigenvalue weighted by Gasteiger charge is 2.80. The van der Waals surface area contributed by atoms with Gasteiger partial charge < -0.3 is 28.8 Å². The normalized spacial score (nSPS) is 46.6. The minimum Gasteiger partial charge on any atom is -0.469 e. The molecule has 3 spiro atoms. The van der Waals surface area contributed by atoms with Gasteiger partial charge in [0.05, 0.1) is 32.2 Å². The van der Waals surface area contributed by atoms with Crippen LogP contribution in [0.25, 0.3) is 21.9 Å². The average molecular weight is 691 g/mol. The summed E-state index contributed by atoms with van der Waals surface area (Å²) in [6, 6.07) is 9.18. The summed E-state index contributed by atoms with van der Waals surface area (Å²) in [5, 5.41) is 6.23. The standard InChI is InChI=1S/C41H46N4O6/c1-6-22-19-44-13-12-38-28-17-31-25(16-30(28)43(3)41(38,44)10-7-23(22)33(38)35(46)48-4)24-15-27-29(18-32(24)50-31)42-40-9-8-26-34(36(47)49-5)37(27,40)11-14-45(40)20-39(26)21(2)51-39/h6,15-18,21,23,26,33-34,42H,7-14,19-20H2,1-5H3. The Hall–Kier alpha value is -3.60. The molecule has 10 heterocycles. The molecule has 1 aromatic heterocycles. The van der Waals surface area contributed by atoms with Crippen molar-refractivity contribution in [1.82, 2.24) is 9.80 Å². The molecule has 2 aliphatic carbocycles. The van der Waals surface area contributed by atoms with Gasteiger partial charge in [-0.15, -0.1) is 0 Å². The Kier molecular flexibility index (Phi) is 5.25. The number of esters is 2. The number of allylic oxidation sites excluding steroid dienone is 1. The fraction of sp³-hybridized carbons (Fsp3) is 0.610. The molecule has 2 aromatic carbocycles. The summed E-state index contributed by atoms with van der Waals surface area (Å²) < 4.78 is 24.6. The number of ether oxygens (including phenoxy) is 3. The molecule has 12 unspecified atom stereocenters. The molecule has 1 N–H and O–H groups in total. The number of nitrogens with one attached hydrogen (secondary N) is 1. The highest BCUT2D eigenvalue weighted by atomic mass is 16.6. The summed E-state index contributed by atoms with van der Waals surface area (Å²) in [5.41, 5.74) is 6.02. The first-order valence-electron chi connectivity index (χ1n) is 19.2. The second-order valence-electron chi connectivity index (χ2n) is 17.4.